The molecule has 1 saturated heterocycles. The average Bonchev–Trinajstić information content (AvgIpc) is 3.60. The van der Waals surface area contributed by atoms with Crippen LogP contribution >= 0.6 is 0 Å². The van der Waals surface area contributed by atoms with E-state index in [4.69, 9.17) is 0 Å². The number of nitrogens with one attached hydrogen (secondary N) is 2. The molecule has 3 amide bonds. The molecule has 0 spiro atoms. The summed E-state index contributed by atoms with van der Waals surface area (Å²) in [7, 11) is 0. The Morgan fingerprint density at radius 1 is 0.897 bits per heavy atom. The monoisotopic (exact) mass is 519 g/mol. The zero-order chi connectivity index (χ0) is 26.8. The smallest absolute Gasteiger partial charge is 0.321 e. The zero-order valence-electron chi connectivity index (χ0n) is 21.7. The molecule has 0 saturated carbocycles. The lowest BCUT2D eigenvalue weighted by Gasteiger charge is -2.34. The molecular formula is C30H29N7O2. The Hall–Kier alpha value is -4.92. The molecule has 3 aromatic heterocycles. The van der Waals surface area contributed by atoms with E-state index in [0.717, 1.165) is 39.0 Å². The molecule has 0 aliphatic carbocycles. The van der Waals surface area contributed by atoms with Crippen molar-refractivity contribution in [3.8, 4) is 22.3 Å². The van der Waals surface area contributed by atoms with Gasteiger partial charge in [0.15, 0.2) is 0 Å². The van der Waals surface area contributed by atoms with Gasteiger partial charge in [-0.15, -0.1) is 0 Å². The molecular weight excluding hydrogens is 490 g/mol. The molecule has 6 rings (SSSR count). The summed E-state index contributed by atoms with van der Waals surface area (Å²) in [6, 6.07) is 20.0. The number of nitrogens with zero attached hydrogens (tertiary/aromatic N) is 5. The van der Waals surface area contributed by atoms with E-state index in [2.05, 4.69) is 44.8 Å². The van der Waals surface area contributed by atoms with Gasteiger partial charge in [0, 0.05) is 79.5 Å². The Kier molecular flexibility index (Phi) is 6.54. The van der Waals surface area contributed by atoms with Gasteiger partial charge in [-0.1, -0.05) is 42.5 Å². The highest BCUT2D eigenvalue weighted by Crippen LogP contribution is 2.31. The summed E-state index contributed by atoms with van der Waals surface area (Å²) in [6.07, 6.45) is 7.76. The number of rotatable bonds is 5. The lowest BCUT2D eigenvalue weighted by atomic mass is 10.0. The zero-order valence-corrected chi connectivity index (χ0v) is 21.7. The molecule has 1 aliphatic heterocycles. The standard InChI is InChI=1S/C30H29N7O2/c1-21(38)35-11-13-36(14-12-35)30(39)34-26-9-7-23(8-10-26)24-15-27-28(18-32-29(27)31-16-24)25-17-33-37(20-25)19-22-5-3-2-4-6-22/h2-10,15-18,20H,11-14,19H2,1H3,(H,31,32)(H,34,39). The fourth-order valence-electron chi connectivity index (χ4n) is 4.93. The molecule has 2 aromatic carbocycles. The number of fused-ring (bicyclic) bond motifs is 1. The predicted octanol–water partition coefficient (Wildman–Crippen LogP) is 4.84. The number of piperazine rings is 1. The van der Waals surface area contributed by atoms with E-state index in [1.807, 2.05) is 65.7 Å². The molecule has 0 atom stereocenters. The summed E-state index contributed by atoms with van der Waals surface area (Å²) in [4.78, 5) is 35.6. The van der Waals surface area contributed by atoms with Gasteiger partial charge in [-0.05, 0) is 29.3 Å². The molecule has 5 aromatic rings. The normalized spacial score (nSPS) is 13.6. The number of aromatic nitrogens is 4. The molecule has 4 heterocycles. The van der Waals surface area contributed by atoms with Crippen LogP contribution in [0.4, 0.5) is 10.5 Å². The SMILES string of the molecule is CC(=O)N1CCN(C(=O)Nc2ccc(-c3cnc4[nH]cc(-c5cnn(Cc6ccccc6)c5)c4c3)cc2)CC1. The lowest BCUT2D eigenvalue weighted by molar-refractivity contribution is -0.130. The second-order valence-electron chi connectivity index (χ2n) is 9.74. The van der Waals surface area contributed by atoms with Crippen molar-refractivity contribution in [3.63, 3.8) is 0 Å². The second-order valence-corrected chi connectivity index (χ2v) is 9.74. The number of benzene rings is 2. The van der Waals surface area contributed by atoms with Crippen LogP contribution in [0.1, 0.15) is 12.5 Å². The van der Waals surface area contributed by atoms with Gasteiger partial charge in [-0.2, -0.15) is 5.10 Å². The number of anilines is 1. The van der Waals surface area contributed by atoms with Crippen molar-refractivity contribution in [1.29, 1.82) is 0 Å². The summed E-state index contributed by atoms with van der Waals surface area (Å²) >= 11 is 0. The number of H-pyrrole nitrogens is 1. The highest BCUT2D eigenvalue weighted by Gasteiger charge is 2.22. The van der Waals surface area contributed by atoms with Crippen molar-refractivity contribution in [1.82, 2.24) is 29.5 Å². The fraction of sp³-hybridized carbons (Fsp3) is 0.200. The fourth-order valence-corrected chi connectivity index (χ4v) is 4.93. The summed E-state index contributed by atoms with van der Waals surface area (Å²) < 4.78 is 1.94. The van der Waals surface area contributed by atoms with Gasteiger partial charge in [0.1, 0.15) is 5.65 Å². The second kappa shape index (κ2) is 10.4. The first-order valence-corrected chi connectivity index (χ1v) is 13.0. The maximum atomic E-state index is 12.7. The molecule has 196 valence electrons. The number of amides is 3. The number of pyridine rings is 1. The molecule has 0 unspecified atom stereocenters. The Morgan fingerprint density at radius 3 is 2.38 bits per heavy atom. The quantitative estimate of drug-likeness (QED) is 0.347. The molecule has 2 N–H and O–H groups in total. The Morgan fingerprint density at radius 2 is 1.64 bits per heavy atom. The van der Waals surface area contributed by atoms with Crippen LogP contribution in [0.15, 0.2) is 85.5 Å². The van der Waals surface area contributed by atoms with Crippen LogP contribution in [-0.2, 0) is 11.3 Å². The number of hydrogen-bond donors (Lipinski definition) is 2. The molecule has 9 heteroatoms. The minimum absolute atomic E-state index is 0.0446. The van der Waals surface area contributed by atoms with Crippen LogP contribution in [0.3, 0.4) is 0 Å². The van der Waals surface area contributed by atoms with E-state index in [-0.39, 0.29) is 11.9 Å². The van der Waals surface area contributed by atoms with Gasteiger partial charge in [0.25, 0.3) is 0 Å². The van der Waals surface area contributed by atoms with Crippen molar-refractivity contribution in [2.24, 2.45) is 0 Å². The number of carbonyl (C=O) groups is 2. The average molecular weight is 520 g/mol. The lowest BCUT2D eigenvalue weighted by Crippen LogP contribution is -2.51. The molecule has 0 radical (unpaired) electrons. The molecule has 1 fully saturated rings. The summed E-state index contributed by atoms with van der Waals surface area (Å²) in [6.45, 7) is 4.45. The van der Waals surface area contributed by atoms with Crippen molar-refractivity contribution < 1.29 is 9.59 Å². The minimum Gasteiger partial charge on any atom is -0.346 e. The van der Waals surface area contributed by atoms with E-state index in [9.17, 15) is 9.59 Å². The molecule has 0 bridgehead atoms. The van der Waals surface area contributed by atoms with Crippen molar-refractivity contribution in [2.45, 2.75) is 13.5 Å². The maximum Gasteiger partial charge on any atom is 0.321 e. The van der Waals surface area contributed by atoms with Crippen LogP contribution in [0.25, 0.3) is 33.3 Å². The summed E-state index contributed by atoms with van der Waals surface area (Å²) in [5.74, 6) is 0.0446. The van der Waals surface area contributed by atoms with E-state index in [1.165, 1.54) is 5.56 Å². The predicted molar refractivity (Wildman–Crippen MR) is 151 cm³/mol. The number of carbonyl (C=O) groups excluding carboxylic acids is 2. The number of hydrogen-bond acceptors (Lipinski definition) is 4. The highest BCUT2D eigenvalue weighted by atomic mass is 16.2. The summed E-state index contributed by atoms with van der Waals surface area (Å²) in [5, 5.41) is 8.55. The topological polar surface area (TPSA) is 99.2 Å². The maximum absolute atomic E-state index is 12.7. The van der Waals surface area contributed by atoms with Gasteiger partial charge in [0.2, 0.25) is 5.91 Å². The first-order chi connectivity index (χ1) is 19.0. The van der Waals surface area contributed by atoms with E-state index in [1.54, 1.807) is 16.7 Å². The Bertz CT molecular complexity index is 1610. The van der Waals surface area contributed by atoms with Gasteiger partial charge in [-0.25, -0.2) is 9.78 Å². The van der Waals surface area contributed by atoms with Crippen LogP contribution in [0, 0.1) is 0 Å². The number of urea groups is 1. The van der Waals surface area contributed by atoms with Gasteiger partial charge in [-0.3, -0.25) is 9.48 Å². The minimum atomic E-state index is -0.154. The van der Waals surface area contributed by atoms with E-state index >= 15 is 0 Å². The first kappa shape index (κ1) is 24.4. The van der Waals surface area contributed by atoms with Crippen LogP contribution in [0.5, 0.6) is 0 Å². The van der Waals surface area contributed by atoms with Crippen molar-refractivity contribution in [2.75, 3.05) is 31.5 Å². The van der Waals surface area contributed by atoms with Crippen LogP contribution in [-0.4, -0.2) is 67.7 Å². The first-order valence-electron chi connectivity index (χ1n) is 13.0. The van der Waals surface area contributed by atoms with Crippen LogP contribution in [0.2, 0.25) is 0 Å². The van der Waals surface area contributed by atoms with Gasteiger partial charge < -0.3 is 20.1 Å². The molecule has 1 aliphatic rings. The van der Waals surface area contributed by atoms with E-state index in [0.29, 0.717) is 32.7 Å². The highest BCUT2D eigenvalue weighted by molar-refractivity contribution is 5.96. The Balaban J connectivity index is 1.16. The third kappa shape index (κ3) is 5.24. The largest absolute Gasteiger partial charge is 0.346 e. The summed E-state index contributed by atoms with van der Waals surface area (Å²) in [5.41, 5.74) is 6.80. The Labute approximate surface area is 226 Å². The third-order valence-electron chi connectivity index (χ3n) is 7.14. The van der Waals surface area contributed by atoms with Gasteiger partial charge in [0.05, 0.1) is 12.7 Å². The molecule has 39 heavy (non-hydrogen) atoms. The van der Waals surface area contributed by atoms with Crippen molar-refractivity contribution in [3.05, 3.63) is 91.0 Å². The third-order valence-corrected chi connectivity index (χ3v) is 7.14. The van der Waals surface area contributed by atoms with Gasteiger partial charge >= 0.3 is 6.03 Å². The van der Waals surface area contributed by atoms with Crippen LogP contribution < -0.4 is 5.32 Å². The molecule has 9 nitrogen and oxygen atoms in total. The number of aromatic amines is 1. The van der Waals surface area contributed by atoms with E-state index < -0.39 is 0 Å². The van der Waals surface area contributed by atoms with Crippen molar-refractivity contribution >= 4 is 28.7 Å².